The third-order valence-corrected chi connectivity index (χ3v) is 6.01. The summed E-state index contributed by atoms with van der Waals surface area (Å²) < 4.78 is 16.3. The van der Waals surface area contributed by atoms with Gasteiger partial charge in [-0.15, -0.1) is 0 Å². The van der Waals surface area contributed by atoms with Gasteiger partial charge >= 0.3 is 0 Å². The first-order valence-corrected chi connectivity index (χ1v) is 10.6. The van der Waals surface area contributed by atoms with Crippen molar-refractivity contribution in [2.75, 3.05) is 27.4 Å². The number of amides is 1. The van der Waals surface area contributed by atoms with Gasteiger partial charge in [-0.25, -0.2) is 0 Å². The molecule has 1 aromatic carbocycles. The predicted octanol–water partition coefficient (Wildman–Crippen LogP) is 3.35. The molecule has 2 atom stereocenters. The van der Waals surface area contributed by atoms with Gasteiger partial charge in [-0.2, -0.15) is 0 Å². The van der Waals surface area contributed by atoms with E-state index in [4.69, 9.17) is 25.8 Å². The quantitative estimate of drug-likeness (QED) is 0.402. The minimum Gasteiger partial charge on any atom is -0.507 e. The van der Waals surface area contributed by atoms with Crippen molar-refractivity contribution in [2.45, 2.75) is 25.0 Å². The maximum absolute atomic E-state index is 13.1. The van der Waals surface area contributed by atoms with Gasteiger partial charge in [0.25, 0.3) is 11.7 Å². The van der Waals surface area contributed by atoms with Crippen LogP contribution in [0.25, 0.3) is 5.76 Å². The van der Waals surface area contributed by atoms with Crippen molar-refractivity contribution in [1.82, 2.24) is 9.88 Å². The van der Waals surface area contributed by atoms with Crippen molar-refractivity contribution in [3.63, 3.8) is 0 Å². The lowest BCUT2D eigenvalue weighted by Crippen LogP contribution is -2.36. The van der Waals surface area contributed by atoms with Gasteiger partial charge in [0.1, 0.15) is 17.3 Å². The molecule has 1 amide bonds. The fraction of sp³-hybridized carbons (Fsp3) is 0.348. The van der Waals surface area contributed by atoms with Gasteiger partial charge in [0.15, 0.2) is 0 Å². The van der Waals surface area contributed by atoms with Crippen molar-refractivity contribution >= 4 is 29.1 Å². The minimum absolute atomic E-state index is 0.0428. The second-order valence-electron chi connectivity index (χ2n) is 7.55. The first kappa shape index (κ1) is 22.1. The van der Waals surface area contributed by atoms with Gasteiger partial charge in [-0.05, 0) is 36.6 Å². The highest BCUT2D eigenvalue weighted by atomic mass is 35.5. The summed E-state index contributed by atoms with van der Waals surface area (Å²) in [7, 11) is 2.89. The van der Waals surface area contributed by atoms with E-state index in [1.54, 1.807) is 24.5 Å². The second-order valence-corrected chi connectivity index (χ2v) is 7.96. The summed E-state index contributed by atoms with van der Waals surface area (Å²) in [5, 5.41) is 11.5. The molecule has 2 saturated heterocycles. The summed E-state index contributed by atoms with van der Waals surface area (Å²) in [5.74, 6) is -1.24. The fourth-order valence-corrected chi connectivity index (χ4v) is 4.40. The number of aliphatic hydroxyl groups excluding tert-OH is 1. The van der Waals surface area contributed by atoms with Crippen LogP contribution in [0.3, 0.4) is 0 Å². The maximum atomic E-state index is 13.1. The number of methoxy groups -OCH3 is 2. The predicted molar refractivity (Wildman–Crippen MR) is 117 cm³/mol. The van der Waals surface area contributed by atoms with E-state index < -0.39 is 17.7 Å². The monoisotopic (exact) mass is 458 g/mol. The van der Waals surface area contributed by atoms with Gasteiger partial charge in [0, 0.05) is 31.6 Å². The van der Waals surface area contributed by atoms with Gasteiger partial charge in [-0.1, -0.05) is 11.6 Å². The molecule has 0 saturated carbocycles. The van der Waals surface area contributed by atoms with Crippen LogP contribution in [0.5, 0.6) is 11.5 Å². The van der Waals surface area contributed by atoms with Crippen LogP contribution >= 0.6 is 11.6 Å². The Morgan fingerprint density at radius 2 is 1.94 bits per heavy atom. The first-order chi connectivity index (χ1) is 15.5. The van der Waals surface area contributed by atoms with Crippen molar-refractivity contribution in [3.8, 4) is 11.5 Å². The highest BCUT2D eigenvalue weighted by Gasteiger charge is 2.47. The van der Waals surface area contributed by atoms with E-state index in [-0.39, 0.29) is 40.3 Å². The Hall–Kier alpha value is -3.10. The molecule has 2 aliphatic heterocycles. The van der Waals surface area contributed by atoms with E-state index in [0.29, 0.717) is 17.9 Å². The van der Waals surface area contributed by atoms with Crippen LogP contribution in [0.15, 0.2) is 42.2 Å². The van der Waals surface area contributed by atoms with Crippen molar-refractivity contribution in [3.05, 3.63) is 58.4 Å². The average Bonchev–Trinajstić information content (AvgIpc) is 3.41. The lowest BCUT2D eigenvalue weighted by atomic mass is 9.95. The molecule has 0 bridgehead atoms. The van der Waals surface area contributed by atoms with Crippen LogP contribution < -0.4 is 9.47 Å². The van der Waals surface area contributed by atoms with Crippen LogP contribution in [0.1, 0.15) is 30.0 Å². The van der Waals surface area contributed by atoms with Gasteiger partial charge < -0.3 is 24.2 Å². The van der Waals surface area contributed by atoms with Crippen molar-refractivity contribution in [2.24, 2.45) is 0 Å². The summed E-state index contributed by atoms with van der Waals surface area (Å²) in [5.41, 5.74) is 0.795. The second kappa shape index (κ2) is 9.18. The number of likely N-dealkylation sites (tertiary alicyclic amines) is 1. The molecule has 3 heterocycles. The molecule has 32 heavy (non-hydrogen) atoms. The highest BCUT2D eigenvalue weighted by Crippen LogP contribution is 2.43. The number of nitrogens with zero attached hydrogens (tertiary/aromatic N) is 2. The Kier molecular flexibility index (Phi) is 6.34. The van der Waals surface area contributed by atoms with Crippen LogP contribution in [0.2, 0.25) is 5.02 Å². The van der Waals surface area contributed by atoms with Crippen molar-refractivity contribution in [1.29, 1.82) is 0 Å². The van der Waals surface area contributed by atoms with Crippen LogP contribution in [-0.2, 0) is 14.3 Å². The number of Topliss-reactive ketones (excluding diaryl/α,β-unsaturated/α-hetero) is 1. The van der Waals surface area contributed by atoms with E-state index in [9.17, 15) is 14.7 Å². The Balaban J connectivity index is 1.87. The Morgan fingerprint density at radius 1 is 1.22 bits per heavy atom. The molecular formula is C23H23ClN2O6. The number of hydrogen-bond donors (Lipinski definition) is 1. The zero-order valence-corrected chi connectivity index (χ0v) is 18.5. The number of benzene rings is 1. The van der Waals surface area contributed by atoms with Gasteiger partial charge in [0.05, 0.1) is 42.5 Å². The number of rotatable bonds is 6. The summed E-state index contributed by atoms with van der Waals surface area (Å²) in [6.07, 6.45) is 4.69. The fourth-order valence-electron chi connectivity index (χ4n) is 4.16. The SMILES string of the molecule is COc1cc(OC)c(/C(O)=C2\C(=O)C(=O)N(CC3CCCO3)C2c2ccncc2)cc1Cl. The summed E-state index contributed by atoms with van der Waals surface area (Å²) in [6.45, 7) is 0.866. The summed E-state index contributed by atoms with van der Waals surface area (Å²) in [4.78, 5) is 31.6. The number of ketones is 1. The Bertz CT molecular complexity index is 1070. The number of carbonyl (C=O) groups is 2. The topological polar surface area (TPSA) is 98.2 Å². The molecule has 2 aromatic rings. The molecule has 168 valence electrons. The van der Waals surface area contributed by atoms with E-state index in [1.165, 1.54) is 31.3 Å². The largest absolute Gasteiger partial charge is 0.507 e. The van der Waals surface area contributed by atoms with E-state index in [1.807, 2.05) is 0 Å². The molecule has 1 N–H and O–H groups in total. The molecule has 9 heteroatoms. The Labute approximate surface area is 190 Å². The molecule has 0 spiro atoms. The standard InChI is InChI=1S/C23H23ClN2O6/c1-30-17-11-18(31-2)16(24)10-15(17)21(27)19-20(13-5-7-25-8-6-13)26(23(29)22(19)28)12-14-4-3-9-32-14/h5-8,10-11,14,20,27H,3-4,9,12H2,1-2H3/b21-19+. The minimum atomic E-state index is -0.798. The van der Waals surface area contributed by atoms with Gasteiger partial charge in [-0.3, -0.25) is 14.6 Å². The molecule has 8 nitrogen and oxygen atoms in total. The van der Waals surface area contributed by atoms with Crippen LogP contribution in [0.4, 0.5) is 0 Å². The molecule has 2 unspecified atom stereocenters. The highest BCUT2D eigenvalue weighted by molar-refractivity contribution is 6.46. The summed E-state index contributed by atoms with van der Waals surface area (Å²) >= 11 is 6.27. The van der Waals surface area contributed by atoms with Crippen LogP contribution in [0, 0.1) is 0 Å². The molecule has 0 radical (unpaired) electrons. The molecule has 2 fully saturated rings. The van der Waals surface area contributed by atoms with E-state index >= 15 is 0 Å². The lowest BCUT2D eigenvalue weighted by Gasteiger charge is -2.27. The normalized spacial score (nSPS) is 22.4. The number of carbonyl (C=O) groups excluding carboxylic acids is 2. The smallest absolute Gasteiger partial charge is 0.295 e. The molecule has 1 aromatic heterocycles. The van der Waals surface area contributed by atoms with Crippen LogP contribution in [-0.4, -0.2) is 60.2 Å². The van der Waals surface area contributed by atoms with E-state index in [0.717, 1.165) is 12.8 Å². The van der Waals surface area contributed by atoms with E-state index in [2.05, 4.69) is 4.98 Å². The molecule has 4 rings (SSSR count). The maximum Gasteiger partial charge on any atom is 0.295 e. The molecular weight excluding hydrogens is 436 g/mol. The number of hydrogen-bond acceptors (Lipinski definition) is 7. The zero-order chi connectivity index (χ0) is 22.8. The number of aliphatic hydroxyl groups is 1. The number of aromatic nitrogens is 1. The lowest BCUT2D eigenvalue weighted by molar-refractivity contribution is -0.140. The Morgan fingerprint density at radius 3 is 2.56 bits per heavy atom. The molecule has 2 aliphatic rings. The third-order valence-electron chi connectivity index (χ3n) is 5.72. The average molecular weight is 459 g/mol. The van der Waals surface area contributed by atoms with Gasteiger partial charge in [0.2, 0.25) is 0 Å². The van der Waals surface area contributed by atoms with Crippen molar-refractivity contribution < 1.29 is 28.9 Å². The zero-order valence-electron chi connectivity index (χ0n) is 17.7. The molecule has 0 aliphatic carbocycles. The third kappa shape index (κ3) is 3.91. The summed E-state index contributed by atoms with van der Waals surface area (Å²) in [6, 6.07) is 5.59. The first-order valence-electron chi connectivity index (χ1n) is 10.2. The number of pyridine rings is 1. The number of ether oxygens (including phenoxy) is 3. The number of halogens is 1.